The van der Waals surface area contributed by atoms with Crippen LogP contribution in [0.4, 0.5) is 0 Å². The van der Waals surface area contributed by atoms with Crippen molar-refractivity contribution < 1.29 is 14.3 Å². The van der Waals surface area contributed by atoms with Gasteiger partial charge in [0.15, 0.2) is 0 Å². The highest BCUT2D eigenvalue weighted by Crippen LogP contribution is 2.03. The lowest BCUT2D eigenvalue weighted by Crippen LogP contribution is -1.94. The van der Waals surface area contributed by atoms with Crippen molar-refractivity contribution in [1.82, 2.24) is 0 Å². The molecule has 0 unspecified atom stereocenters. The van der Waals surface area contributed by atoms with Crippen molar-refractivity contribution in [3.8, 4) is 0 Å². The Bertz CT molecular complexity index is 107. The van der Waals surface area contributed by atoms with Gasteiger partial charge in [-0.05, 0) is 7.05 Å². The highest BCUT2D eigenvalue weighted by molar-refractivity contribution is 5.92. The maximum Gasteiger partial charge on any atom is 0.314 e. The molecule has 0 aromatic heterocycles. The first-order chi connectivity index (χ1) is 4.29. The quantitative estimate of drug-likeness (QED) is 0.353. The largest absolute Gasteiger partial charge is 0.393 e. The van der Waals surface area contributed by atoms with E-state index in [1.807, 2.05) is 0 Å². The van der Waals surface area contributed by atoms with Gasteiger partial charge < -0.3 is 10.5 Å². The lowest BCUT2D eigenvalue weighted by atomic mass is 10.4. The average molecular weight is 131 g/mol. The average Bonchev–Trinajstić information content (AvgIpc) is 2.20. The van der Waals surface area contributed by atoms with Crippen LogP contribution in [0, 0.1) is 0 Å². The Hall–Kier alpha value is -0.900. The van der Waals surface area contributed by atoms with Gasteiger partial charge in [-0.25, -0.2) is 0 Å². The molecule has 0 aromatic carbocycles. The van der Waals surface area contributed by atoms with Crippen LogP contribution in [0.25, 0.3) is 0 Å². The molecule has 0 saturated carbocycles. The van der Waals surface area contributed by atoms with Crippen molar-refractivity contribution in [2.75, 3.05) is 7.05 Å². The van der Waals surface area contributed by atoms with E-state index in [-0.39, 0.29) is 12.8 Å². The number of hydrogen-bond acceptors (Lipinski definition) is 4. The topological polar surface area (TPSA) is 69.4 Å². The smallest absolute Gasteiger partial charge is 0.314 e. The summed E-state index contributed by atoms with van der Waals surface area (Å²) in [6.45, 7) is 0. The van der Waals surface area contributed by atoms with E-state index >= 15 is 0 Å². The van der Waals surface area contributed by atoms with Gasteiger partial charge in [0.1, 0.15) is 0 Å². The van der Waals surface area contributed by atoms with Crippen molar-refractivity contribution in [2.24, 2.45) is 5.73 Å². The lowest BCUT2D eigenvalue weighted by Gasteiger charge is -1.79. The summed E-state index contributed by atoms with van der Waals surface area (Å²) < 4.78 is 4.08. The minimum Gasteiger partial charge on any atom is -0.393 e. The lowest BCUT2D eigenvalue weighted by molar-refractivity contribution is -0.151. The molecule has 2 N–H and O–H groups in total. The molecule has 4 nitrogen and oxygen atoms in total. The first-order valence-corrected chi connectivity index (χ1v) is 2.60. The molecule has 1 fully saturated rings. The predicted octanol–water partition coefficient (Wildman–Crippen LogP) is -0.575. The Balaban J connectivity index is 0.000000291. The summed E-state index contributed by atoms with van der Waals surface area (Å²) in [5.41, 5.74) is 4.50. The molecule has 0 spiro atoms. The summed E-state index contributed by atoms with van der Waals surface area (Å²) in [7, 11) is 1.50. The second kappa shape index (κ2) is 4.03. The fourth-order valence-electron chi connectivity index (χ4n) is 0.433. The van der Waals surface area contributed by atoms with Crippen LogP contribution in [0.3, 0.4) is 0 Å². The van der Waals surface area contributed by atoms with E-state index in [0.29, 0.717) is 0 Å². The number of cyclic esters (lactones) is 2. The van der Waals surface area contributed by atoms with Crippen LogP contribution in [0.15, 0.2) is 0 Å². The van der Waals surface area contributed by atoms with E-state index in [9.17, 15) is 9.59 Å². The number of rotatable bonds is 0. The fourth-order valence-corrected chi connectivity index (χ4v) is 0.433. The van der Waals surface area contributed by atoms with Crippen LogP contribution < -0.4 is 5.73 Å². The van der Waals surface area contributed by atoms with E-state index in [1.165, 1.54) is 7.05 Å². The van der Waals surface area contributed by atoms with Crippen LogP contribution in [-0.4, -0.2) is 19.0 Å². The molecule has 9 heavy (non-hydrogen) atoms. The third-order valence-corrected chi connectivity index (χ3v) is 0.761. The number of nitrogens with two attached hydrogens (primary N) is 1. The summed E-state index contributed by atoms with van der Waals surface area (Å²) in [5, 5.41) is 0. The standard InChI is InChI=1S/C4H4O3.CH5N/c5-3-1-2-4(6)7-3;1-2/h1-2H2;2H2,1H3. The predicted molar refractivity (Wildman–Crippen MR) is 30.4 cm³/mol. The highest BCUT2D eigenvalue weighted by Gasteiger charge is 2.19. The molecular weight excluding hydrogens is 122 g/mol. The molecule has 0 amide bonds. The van der Waals surface area contributed by atoms with Gasteiger partial charge in [0.25, 0.3) is 0 Å². The molecule has 0 aromatic rings. The molecule has 0 atom stereocenters. The summed E-state index contributed by atoms with van der Waals surface area (Å²) >= 11 is 0. The zero-order valence-electron chi connectivity index (χ0n) is 5.22. The monoisotopic (exact) mass is 131 g/mol. The minimum absolute atomic E-state index is 0.263. The maximum atomic E-state index is 10.0. The molecule has 1 rings (SSSR count). The van der Waals surface area contributed by atoms with Crippen molar-refractivity contribution in [1.29, 1.82) is 0 Å². The summed E-state index contributed by atoms with van der Waals surface area (Å²) in [4.78, 5) is 20.0. The van der Waals surface area contributed by atoms with E-state index in [1.54, 1.807) is 0 Å². The second-order valence-corrected chi connectivity index (χ2v) is 1.35. The molecule has 0 bridgehead atoms. The number of carbonyl (C=O) groups is 2. The third-order valence-electron chi connectivity index (χ3n) is 0.761. The zero-order chi connectivity index (χ0) is 7.28. The molecular formula is C5H9NO3. The van der Waals surface area contributed by atoms with Gasteiger partial charge in [0.2, 0.25) is 0 Å². The minimum atomic E-state index is -0.398. The molecule has 1 aliphatic rings. The number of esters is 2. The van der Waals surface area contributed by atoms with E-state index in [2.05, 4.69) is 10.5 Å². The molecule has 1 saturated heterocycles. The maximum absolute atomic E-state index is 10.0. The Morgan fingerprint density at radius 1 is 1.22 bits per heavy atom. The van der Waals surface area contributed by atoms with Crippen molar-refractivity contribution in [3.05, 3.63) is 0 Å². The van der Waals surface area contributed by atoms with Crippen molar-refractivity contribution in [2.45, 2.75) is 12.8 Å². The molecule has 1 heterocycles. The van der Waals surface area contributed by atoms with Gasteiger partial charge >= 0.3 is 11.9 Å². The van der Waals surface area contributed by atoms with Gasteiger partial charge in [0.05, 0.1) is 12.8 Å². The number of ether oxygens (including phenoxy) is 1. The van der Waals surface area contributed by atoms with Gasteiger partial charge in [-0.1, -0.05) is 0 Å². The van der Waals surface area contributed by atoms with E-state index in [0.717, 1.165) is 0 Å². The summed E-state index contributed by atoms with van der Waals surface area (Å²) in [6, 6.07) is 0. The third kappa shape index (κ3) is 2.81. The fraction of sp³-hybridized carbons (Fsp3) is 0.600. The highest BCUT2D eigenvalue weighted by atomic mass is 16.6. The normalized spacial score (nSPS) is 16.2. The Morgan fingerprint density at radius 3 is 1.67 bits per heavy atom. The van der Waals surface area contributed by atoms with Gasteiger partial charge in [0, 0.05) is 0 Å². The van der Waals surface area contributed by atoms with Crippen molar-refractivity contribution >= 4 is 11.9 Å². The van der Waals surface area contributed by atoms with Crippen LogP contribution in [0.5, 0.6) is 0 Å². The Labute approximate surface area is 53.0 Å². The van der Waals surface area contributed by atoms with Crippen LogP contribution in [0.1, 0.15) is 12.8 Å². The van der Waals surface area contributed by atoms with Crippen molar-refractivity contribution in [3.63, 3.8) is 0 Å². The molecule has 0 radical (unpaired) electrons. The van der Waals surface area contributed by atoms with Crippen LogP contribution in [0.2, 0.25) is 0 Å². The SMILES string of the molecule is CN.O=C1CCC(=O)O1. The molecule has 4 heteroatoms. The summed E-state index contributed by atoms with van der Waals surface area (Å²) in [6.07, 6.45) is 0.525. The molecule has 0 aliphatic carbocycles. The molecule has 52 valence electrons. The van der Waals surface area contributed by atoms with Crippen LogP contribution >= 0.6 is 0 Å². The Kier molecular flexibility index (Phi) is 3.62. The van der Waals surface area contributed by atoms with Gasteiger partial charge in [-0.2, -0.15) is 0 Å². The van der Waals surface area contributed by atoms with Gasteiger partial charge in [-0.15, -0.1) is 0 Å². The number of hydrogen-bond donors (Lipinski definition) is 1. The first kappa shape index (κ1) is 8.10. The summed E-state index contributed by atoms with van der Waals surface area (Å²) in [5.74, 6) is -0.796. The van der Waals surface area contributed by atoms with E-state index < -0.39 is 11.9 Å². The first-order valence-electron chi connectivity index (χ1n) is 2.60. The van der Waals surface area contributed by atoms with E-state index in [4.69, 9.17) is 0 Å². The molecule has 1 aliphatic heterocycles. The zero-order valence-corrected chi connectivity index (χ0v) is 5.22. The van der Waals surface area contributed by atoms with Crippen LogP contribution in [-0.2, 0) is 14.3 Å². The Morgan fingerprint density at radius 2 is 1.56 bits per heavy atom. The number of carbonyl (C=O) groups excluding carboxylic acids is 2. The van der Waals surface area contributed by atoms with Gasteiger partial charge in [-0.3, -0.25) is 9.59 Å². The second-order valence-electron chi connectivity index (χ2n) is 1.35.